The first-order valence-electron chi connectivity index (χ1n) is 10.3. The first-order valence-corrected chi connectivity index (χ1v) is 10.3. The minimum absolute atomic E-state index is 0. The van der Waals surface area contributed by atoms with Gasteiger partial charge in [-0.1, -0.05) is 54.6 Å². The number of benzene rings is 3. The molecule has 0 aliphatic rings. The van der Waals surface area contributed by atoms with Gasteiger partial charge in [0, 0.05) is 34.7 Å². The molecule has 0 atom stereocenters. The van der Waals surface area contributed by atoms with E-state index < -0.39 is 0 Å². The number of aromatic nitrogens is 3. The molecular weight excluding hydrogens is 441 g/mol. The van der Waals surface area contributed by atoms with Gasteiger partial charge in [0.25, 0.3) is 0 Å². The number of pyridine rings is 3. The fourth-order valence-electron chi connectivity index (χ4n) is 3.29. The van der Waals surface area contributed by atoms with Crippen LogP contribution in [0.1, 0.15) is 0 Å². The Hall–Kier alpha value is -4.18. The van der Waals surface area contributed by atoms with Gasteiger partial charge in [0.15, 0.2) is 0 Å². The second-order valence-corrected chi connectivity index (χ2v) is 7.23. The van der Waals surface area contributed by atoms with Crippen LogP contribution >= 0.6 is 0 Å². The molecule has 0 bridgehead atoms. The molecule has 0 fully saturated rings. The van der Waals surface area contributed by atoms with Crippen molar-refractivity contribution in [3.63, 3.8) is 0 Å². The van der Waals surface area contributed by atoms with Crippen LogP contribution in [0.2, 0.25) is 0 Å². The quantitative estimate of drug-likeness (QED) is 0.295. The smallest absolute Gasteiger partial charge is 0.322 e. The third-order valence-electron chi connectivity index (χ3n) is 4.90. The summed E-state index contributed by atoms with van der Waals surface area (Å²) >= 11 is 0. The first-order chi connectivity index (χ1) is 16.1. The zero-order chi connectivity index (χ0) is 23.0. The SMILES string of the molecule is O=c1ccc2ccccc2[nH]1.O=c1ccc2ccccc2[nH]1.O=c1ccc2ccccc2[nH]1.[Al+3]. The molecule has 0 radical (unpaired) electrons. The van der Waals surface area contributed by atoms with Crippen molar-refractivity contribution in [2.24, 2.45) is 0 Å². The molecule has 6 rings (SSSR count). The first kappa shape index (κ1) is 24.5. The largest absolute Gasteiger partial charge is 3.00 e. The summed E-state index contributed by atoms with van der Waals surface area (Å²) in [6.45, 7) is 0. The number of rotatable bonds is 0. The summed E-state index contributed by atoms with van der Waals surface area (Å²) < 4.78 is 0. The van der Waals surface area contributed by atoms with Crippen LogP contribution < -0.4 is 16.7 Å². The van der Waals surface area contributed by atoms with Gasteiger partial charge in [-0.15, -0.1) is 0 Å². The van der Waals surface area contributed by atoms with Crippen molar-refractivity contribution in [3.8, 4) is 0 Å². The normalized spacial score (nSPS) is 9.88. The Morgan fingerprint density at radius 1 is 0.353 bits per heavy atom. The number of H-pyrrole nitrogens is 3. The molecule has 3 heterocycles. The van der Waals surface area contributed by atoms with Crippen molar-refractivity contribution in [2.75, 3.05) is 0 Å². The van der Waals surface area contributed by atoms with Crippen LogP contribution in [0.15, 0.2) is 124 Å². The van der Waals surface area contributed by atoms with Gasteiger partial charge in [-0.3, -0.25) is 14.4 Å². The monoisotopic (exact) mass is 462 g/mol. The molecule has 162 valence electrons. The third kappa shape index (κ3) is 6.42. The van der Waals surface area contributed by atoms with Crippen LogP contribution in [0, 0.1) is 0 Å². The fraction of sp³-hybridized carbons (Fsp3) is 0. The van der Waals surface area contributed by atoms with Crippen molar-refractivity contribution in [1.29, 1.82) is 0 Å². The molecule has 3 N–H and O–H groups in total. The molecule has 0 spiro atoms. The van der Waals surface area contributed by atoms with Crippen LogP contribution in [0.5, 0.6) is 0 Å². The molecule has 0 aliphatic heterocycles. The van der Waals surface area contributed by atoms with Crippen LogP contribution in [0.3, 0.4) is 0 Å². The summed E-state index contributed by atoms with van der Waals surface area (Å²) in [5, 5.41) is 3.19. The van der Waals surface area contributed by atoms with E-state index in [1.807, 2.05) is 91.0 Å². The van der Waals surface area contributed by atoms with E-state index in [1.165, 1.54) is 18.2 Å². The number of fused-ring (bicyclic) bond motifs is 3. The average molecular weight is 462 g/mol. The van der Waals surface area contributed by atoms with E-state index in [-0.39, 0.29) is 34.0 Å². The van der Waals surface area contributed by atoms with E-state index in [0.29, 0.717) is 0 Å². The molecule has 0 aliphatic carbocycles. The molecule has 0 saturated carbocycles. The Kier molecular flexibility index (Phi) is 8.36. The fourth-order valence-corrected chi connectivity index (χ4v) is 3.29. The van der Waals surface area contributed by atoms with E-state index in [9.17, 15) is 14.4 Å². The van der Waals surface area contributed by atoms with Crippen molar-refractivity contribution in [2.45, 2.75) is 0 Å². The minimum Gasteiger partial charge on any atom is -0.322 e. The molecular formula is C27H21AlN3O3+3. The molecule has 6 nitrogen and oxygen atoms in total. The van der Waals surface area contributed by atoms with Gasteiger partial charge in [0.2, 0.25) is 16.7 Å². The van der Waals surface area contributed by atoms with Crippen molar-refractivity contribution >= 4 is 50.1 Å². The molecule has 0 saturated heterocycles. The van der Waals surface area contributed by atoms with E-state index in [2.05, 4.69) is 15.0 Å². The van der Waals surface area contributed by atoms with Gasteiger partial charge in [-0.05, 0) is 52.6 Å². The maximum Gasteiger partial charge on any atom is 3.00 e. The number of nitrogens with one attached hydrogen (secondary N) is 3. The predicted molar refractivity (Wildman–Crippen MR) is 139 cm³/mol. The topological polar surface area (TPSA) is 98.6 Å². The second-order valence-electron chi connectivity index (χ2n) is 7.23. The summed E-state index contributed by atoms with van der Waals surface area (Å²) in [5.41, 5.74) is 2.51. The van der Waals surface area contributed by atoms with Crippen molar-refractivity contribution < 1.29 is 0 Å². The van der Waals surface area contributed by atoms with Crippen molar-refractivity contribution in [1.82, 2.24) is 15.0 Å². The van der Waals surface area contributed by atoms with Crippen LogP contribution in [-0.4, -0.2) is 32.3 Å². The Morgan fingerprint density at radius 2 is 0.618 bits per heavy atom. The van der Waals surface area contributed by atoms with Gasteiger partial charge in [0.1, 0.15) is 0 Å². The van der Waals surface area contributed by atoms with Crippen LogP contribution in [0.4, 0.5) is 0 Å². The standard InChI is InChI=1S/3C9H7NO.Al/c3*11-9-6-5-7-3-1-2-4-8(7)10-9;/h3*1-6H,(H,10,11);/q;;;+3. The third-order valence-corrected chi connectivity index (χ3v) is 4.90. The van der Waals surface area contributed by atoms with Gasteiger partial charge < -0.3 is 15.0 Å². The summed E-state index contributed by atoms with van der Waals surface area (Å²) in [4.78, 5) is 40.7. The predicted octanol–water partition coefficient (Wildman–Crippen LogP) is 4.20. The van der Waals surface area contributed by atoms with Crippen molar-refractivity contribution in [3.05, 3.63) is 140 Å². The van der Waals surface area contributed by atoms with Gasteiger partial charge in [0.05, 0.1) is 0 Å². The van der Waals surface area contributed by atoms with Gasteiger partial charge in [-0.2, -0.15) is 0 Å². The summed E-state index contributed by atoms with van der Waals surface area (Å²) in [6.07, 6.45) is 0. The molecule has 3 aromatic heterocycles. The average Bonchev–Trinajstić information content (AvgIpc) is 2.84. The number of para-hydroxylation sites is 3. The number of hydrogen-bond donors (Lipinski definition) is 3. The Labute approximate surface area is 205 Å². The maximum absolute atomic E-state index is 10.8. The molecule has 0 unspecified atom stereocenters. The molecule has 6 aromatic rings. The number of aromatic amines is 3. The van der Waals surface area contributed by atoms with E-state index in [0.717, 1.165) is 32.7 Å². The van der Waals surface area contributed by atoms with E-state index in [1.54, 1.807) is 0 Å². The zero-order valence-corrected chi connectivity index (χ0v) is 19.3. The summed E-state index contributed by atoms with van der Waals surface area (Å²) in [5.74, 6) is 0. The summed E-state index contributed by atoms with van der Waals surface area (Å²) in [6, 6.07) is 33.1. The summed E-state index contributed by atoms with van der Waals surface area (Å²) in [7, 11) is 0. The Balaban J connectivity index is 0.000000141. The Morgan fingerprint density at radius 3 is 0.912 bits per heavy atom. The van der Waals surface area contributed by atoms with Crippen LogP contribution in [-0.2, 0) is 0 Å². The van der Waals surface area contributed by atoms with Crippen LogP contribution in [0.25, 0.3) is 32.7 Å². The molecule has 0 amide bonds. The maximum atomic E-state index is 10.8. The molecule has 7 heteroatoms. The second kappa shape index (κ2) is 11.6. The minimum atomic E-state index is -0.0521. The Bertz CT molecular complexity index is 1500. The van der Waals surface area contributed by atoms with Gasteiger partial charge >= 0.3 is 17.4 Å². The van der Waals surface area contributed by atoms with Gasteiger partial charge in [-0.25, -0.2) is 0 Å². The number of hydrogen-bond acceptors (Lipinski definition) is 3. The van der Waals surface area contributed by atoms with E-state index in [4.69, 9.17) is 0 Å². The molecule has 34 heavy (non-hydrogen) atoms. The molecule has 3 aromatic carbocycles. The van der Waals surface area contributed by atoms with E-state index >= 15 is 0 Å². The zero-order valence-electron chi connectivity index (χ0n) is 18.2.